The van der Waals surface area contributed by atoms with E-state index in [9.17, 15) is 14.4 Å². The summed E-state index contributed by atoms with van der Waals surface area (Å²) in [5.74, 6) is -0.735. The molecule has 0 fully saturated rings. The Bertz CT molecular complexity index is 1120. The standard InChI is InChI=1S/C21H21N3O4/c1-13-7-8-15(21(27)28-3)11-17(13)23-18(25)9-10-24-12-22-19-14(2)5-4-6-16(19)20(24)26/h4-8,11-12H,9-10H2,1-3H3,(H,23,25). The second kappa shape index (κ2) is 8.04. The van der Waals surface area contributed by atoms with Gasteiger partial charge >= 0.3 is 5.97 Å². The highest BCUT2D eigenvalue weighted by atomic mass is 16.5. The number of aryl methyl sites for hydroxylation is 3. The van der Waals surface area contributed by atoms with E-state index in [0.717, 1.165) is 11.1 Å². The lowest BCUT2D eigenvalue weighted by atomic mass is 10.1. The van der Waals surface area contributed by atoms with Gasteiger partial charge in [0, 0.05) is 18.7 Å². The summed E-state index contributed by atoms with van der Waals surface area (Å²) in [7, 11) is 1.30. The van der Waals surface area contributed by atoms with E-state index in [0.29, 0.717) is 22.2 Å². The Morgan fingerprint density at radius 3 is 2.68 bits per heavy atom. The molecule has 0 atom stereocenters. The smallest absolute Gasteiger partial charge is 0.337 e. The van der Waals surface area contributed by atoms with E-state index in [2.05, 4.69) is 10.3 Å². The first-order chi connectivity index (χ1) is 13.4. The molecule has 0 aliphatic heterocycles. The van der Waals surface area contributed by atoms with Gasteiger partial charge < -0.3 is 10.1 Å². The number of aromatic nitrogens is 2. The molecule has 0 bridgehead atoms. The van der Waals surface area contributed by atoms with E-state index in [1.165, 1.54) is 18.0 Å². The second-order valence-electron chi connectivity index (χ2n) is 6.53. The summed E-state index contributed by atoms with van der Waals surface area (Å²) in [6, 6.07) is 10.4. The number of nitrogens with one attached hydrogen (secondary N) is 1. The number of hydrogen-bond donors (Lipinski definition) is 1. The maximum Gasteiger partial charge on any atom is 0.337 e. The Hall–Kier alpha value is -3.48. The van der Waals surface area contributed by atoms with Crippen molar-refractivity contribution < 1.29 is 14.3 Å². The van der Waals surface area contributed by atoms with Gasteiger partial charge in [0.15, 0.2) is 0 Å². The molecule has 3 rings (SSSR count). The number of para-hydroxylation sites is 1. The summed E-state index contributed by atoms with van der Waals surface area (Å²) in [5.41, 5.74) is 3.14. The zero-order valence-electron chi connectivity index (χ0n) is 16.0. The molecular weight excluding hydrogens is 358 g/mol. The van der Waals surface area contributed by atoms with Crippen molar-refractivity contribution in [2.45, 2.75) is 26.8 Å². The van der Waals surface area contributed by atoms with Crippen molar-refractivity contribution in [3.63, 3.8) is 0 Å². The maximum atomic E-state index is 12.6. The third-order valence-electron chi connectivity index (χ3n) is 4.57. The second-order valence-corrected chi connectivity index (χ2v) is 6.53. The average molecular weight is 379 g/mol. The molecule has 3 aromatic rings. The van der Waals surface area contributed by atoms with Gasteiger partial charge in [-0.25, -0.2) is 9.78 Å². The molecule has 0 aliphatic rings. The van der Waals surface area contributed by atoms with Crippen molar-refractivity contribution in [2.75, 3.05) is 12.4 Å². The molecule has 1 heterocycles. The number of hydrogen-bond acceptors (Lipinski definition) is 5. The van der Waals surface area contributed by atoms with Crippen LogP contribution in [-0.4, -0.2) is 28.5 Å². The zero-order valence-corrected chi connectivity index (χ0v) is 16.0. The lowest BCUT2D eigenvalue weighted by Gasteiger charge is -2.11. The lowest BCUT2D eigenvalue weighted by molar-refractivity contribution is -0.116. The van der Waals surface area contributed by atoms with Gasteiger partial charge in [-0.2, -0.15) is 0 Å². The topological polar surface area (TPSA) is 90.3 Å². The molecule has 2 aromatic carbocycles. The predicted molar refractivity (Wildman–Crippen MR) is 107 cm³/mol. The number of amides is 1. The van der Waals surface area contributed by atoms with Gasteiger partial charge in [-0.15, -0.1) is 0 Å². The number of esters is 1. The highest BCUT2D eigenvalue weighted by Crippen LogP contribution is 2.18. The first-order valence-electron chi connectivity index (χ1n) is 8.84. The molecule has 7 nitrogen and oxygen atoms in total. The van der Waals surface area contributed by atoms with E-state index in [4.69, 9.17) is 4.74 Å². The molecule has 0 aliphatic carbocycles. The Kier molecular flexibility index (Phi) is 5.54. The highest BCUT2D eigenvalue weighted by molar-refractivity contribution is 5.95. The van der Waals surface area contributed by atoms with Crippen LogP contribution in [0.2, 0.25) is 0 Å². The van der Waals surface area contributed by atoms with Crippen molar-refractivity contribution in [3.05, 3.63) is 69.8 Å². The minimum Gasteiger partial charge on any atom is -0.465 e. The summed E-state index contributed by atoms with van der Waals surface area (Å²) in [6.07, 6.45) is 1.56. The molecule has 1 aromatic heterocycles. The number of methoxy groups -OCH3 is 1. The molecule has 1 N–H and O–H groups in total. The Morgan fingerprint density at radius 2 is 1.93 bits per heavy atom. The van der Waals surface area contributed by atoms with Gasteiger partial charge in [-0.05, 0) is 43.2 Å². The largest absolute Gasteiger partial charge is 0.465 e. The first-order valence-corrected chi connectivity index (χ1v) is 8.84. The highest BCUT2D eigenvalue weighted by Gasteiger charge is 2.11. The number of anilines is 1. The lowest BCUT2D eigenvalue weighted by Crippen LogP contribution is -2.24. The van der Waals surface area contributed by atoms with Crippen molar-refractivity contribution in [1.29, 1.82) is 0 Å². The normalized spacial score (nSPS) is 10.7. The third-order valence-corrected chi connectivity index (χ3v) is 4.57. The van der Waals surface area contributed by atoms with Gasteiger partial charge in [0.2, 0.25) is 5.91 Å². The van der Waals surface area contributed by atoms with Crippen LogP contribution in [0.25, 0.3) is 10.9 Å². The Morgan fingerprint density at radius 1 is 1.14 bits per heavy atom. The molecule has 1 amide bonds. The van der Waals surface area contributed by atoms with Crippen LogP contribution in [0.15, 0.2) is 47.5 Å². The number of nitrogens with zero attached hydrogens (tertiary/aromatic N) is 2. The maximum absolute atomic E-state index is 12.6. The van der Waals surface area contributed by atoms with E-state index in [-0.39, 0.29) is 24.4 Å². The van der Waals surface area contributed by atoms with E-state index < -0.39 is 5.97 Å². The van der Waals surface area contributed by atoms with Crippen molar-refractivity contribution in [1.82, 2.24) is 9.55 Å². The van der Waals surface area contributed by atoms with Crippen LogP contribution < -0.4 is 10.9 Å². The monoisotopic (exact) mass is 379 g/mol. The van der Waals surface area contributed by atoms with Crippen LogP contribution in [0.4, 0.5) is 5.69 Å². The number of benzene rings is 2. The summed E-state index contributed by atoms with van der Waals surface area (Å²) in [4.78, 5) is 41.0. The van der Waals surface area contributed by atoms with Crippen LogP contribution >= 0.6 is 0 Å². The predicted octanol–water partition coefficient (Wildman–Crippen LogP) is 2.83. The number of fused-ring (bicyclic) bond motifs is 1. The van der Waals surface area contributed by atoms with Gasteiger partial charge in [-0.3, -0.25) is 14.2 Å². The molecule has 7 heteroatoms. The summed E-state index contributed by atoms with van der Waals surface area (Å²) < 4.78 is 6.13. The number of ether oxygens (including phenoxy) is 1. The summed E-state index contributed by atoms with van der Waals surface area (Å²) in [6.45, 7) is 3.94. The molecule has 28 heavy (non-hydrogen) atoms. The third kappa shape index (κ3) is 3.93. The first kappa shape index (κ1) is 19.3. The van der Waals surface area contributed by atoms with E-state index in [1.807, 2.05) is 26.0 Å². The van der Waals surface area contributed by atoms with E-state index >= 15 is 0 Å². The number of carbonyl (C=O) groups is 2. The minimum absolute atomic E-state index is 0.0980. The van der Waals surface area contributed by atoms with Crippen molar-refractivity contribution >= 4 is 28.5 Å². The Balaban J connectivity index is 1.73. The fraction of sp³-hybridized carbons (Fsp3) is 0.238. The fourth-order valence-electron chi connectivity index (χ4n) is 2.93. The average Bonchev–Trinajstić information content (AvgIpc) is 2.69. The fourth-order valence-corrected chi connectivity index (χ4v) is 2.93. The van der Waals surface area contributed by atoms with Crippen molar-refractivity contribution in [2.24, 2.45) is 0 Å². The van der Waals surface area contributed by atoms with Crippen molar-refractivity contribution in [3.8, 4) is 0 Å². The van der Waals surface area contributed by atoms with E-state index in [1.54, 1.807) is 24.3 Å². The van der Waals surface area contributed by atoms with Gasteiger partial charge in [0.1, 0.15) is 0 Å². The minimum atomic E-state index is -0.473. The number of carbonyl (C=O) groups excluding carboxylic acids is 2. The van der Waals surface area contributed by atoms with Crippen LogP contribution in [0.3, 0.4) is 0 Å². The molecule has 0 spiro atoms. The number of rotatable bonds is 5. The summed E-state index contributed by atoms with van der Waals surface area (Å²) in [5, 5.41) is 3.32. The quantitative estimate of drug-likeness (QED) is 0.689. The molecule has 144 valence electrons. The Labute approximate surface area is 162 Å². The van der Waals surface area contributed by atoms with Crippen LogP contribution in [0, 0.1) is 13.8 Å². The molecular formula is C21H21N3O4. The van der Waals surface area contributed by atoms with Gasteiger partial charge in [0.25, 0.3) is 5.56 Å². The van der Waals surface area contributed by atoms with Crippen LogP contribution in [0.5, 0.6) is 0 Å². The molecule has 0 unspecified atom stereocenters. The van der Waals surface area contributed by atoms with Crippen LogP contribution in [-0.2, 0) is 16.1 Å². The van der Waals surface area contributed by atoms with Gasteiger partial charge in [0.05, 0.1) is 29.9 Å². The van der Waals surface area contributed by atoms with Gasteiger partial charge in [-0.1, -0.05) is 18.2 Å². The molecule has 0 saturated carbocycles. The van der Waals surface area contributed by atoms with Crippen LogP contribution in [0.1, 0.15) is 27.9 Å². The summed E-state index contributed by atoms with van der Waals surface area (Å²) >= 11 is 0. The zero-order chi connectivity index (χ0) is 20.3. The molecule has 0 saturated heterocycles. The SMILES string of the molecule is COC(=O)c1ccc(C)c(NC(=O)CCn2cnc3c(C)cccc3c2=O)c1. The molecule has 0 radical (unpaired) electrons.